The Morgan fingerprint density at radius 2 is 2.03 bits per heavy atom. The molecule has 2 atom stereocenters. The van der Waals surface area contributed by atoms with E-state index in [1.807, 2.05) is 12.3 Å². The van der Waals surface area contributed by atoms with Gasteiger partial charge in [0.05, 0.1) is 6.61 Å². The van der Waals surface area contributed by atoms with Crippen LogP contribution in [0.3, 0.4) is 0 Å². The minimum Gasteiger partial charge on any atom is -0.377 e. The van der Waals surface area contributed by atoms with E-state index in [2.05, 4.69) is 82.2 Å². The zero-order valence-electron chi connectivity index (χ0n) is 19.5. The lowest BCUT2D eigenvalue weighted by atomic mass is 9.89. The molecule has 0 fully saturated rings. The molecule has 0 spiro atoms. The van der Waals surface area contributed by atoms with Gasteiger partial charge in [-0.15, -0.1) is 0 Å². The number of aryl methyl sites for hydroxylation is 1. The molecule has 1 rings (SSSR count). The van der Waals surface area contributed by atoms with Crippen LogP contribution in [0.25, 0.3) is 0 Å². The minimum absolute atomic E-state index is 0.540. The second-order valence-corrected chi connectivity index (χ2v) is 7.89. The van der Waals surface area contributed by atoms with Crippen LogP contribution in [0.1, 0.15) is 65.9 Å². The predicted octanol–water partition coefficient (Wildman–Crippen LogP) is 7.12. The summed E-state index contributed by atoms with van der Waals surface area (Å²) in [6.45, 7) is 15.4. The van der Waals surface area contributed by atoms with E-state index >= 15 is 0 Å². The number of pyridine rings is 1. The minimum atomic E-state index is 0.540. The van der Waals surface area contributed by atoms with E-state index in [0.29, 0.717) is 11.8 Å². The Morgan fingerprint density at radius 1 is 1.24 bits per heavy atom. The maximum Gasteiger partial charge on any atom is 0.129 e. The summed E-state index contributed by atoms with van der Waals surface area (Å²) in [5.41, 5.74) is 3.91. The molecule has 0 radical (unpaired) electrons. The molecule has 1 N–H and O–H groups in total. The highest BCUT2D eigenvalue weighted by Gasteiger charge is 2.12. The zero-order valence-corrected chi connectivity index (χ0v) is 19.5. The smallest absolute Gasteiger partial charge is 0.129 e. The molecule has 0 bridgehead atoms. The fraction of sp³-hybridized carbons (Fsp3) is 0.577. The Bertz CT molecular complexity index is 660. The fourth-order valence-corrected chi connectivity index (χ4v) is 3.37. The molecule has 0 saturated carbocycles. The average molecular weight is 399 g/mol. The molecular formula is C26H42N2O. The van der Waals surface area contributed by atoms with E-state index < -0.39 is 0 Å². The van der Waals surface area contributed by atoms with Crippen LogP contribution >= 0.6 is 0 Å². The molecule has 29 heavy (non-hydrogen) atoms. The number of anilines is 1. The van der Waals surface area contributed by atoms with Gasteiger partial charge in [0.2, 0.25) is 0 Å². The summed E-state index contributed by atoms with van der Waals surface area (Å²) in [7, 11) is 0. The first-order chi connectivity index (χ1) is 14.0. The molecule has 2 unspecified atom stereocenters. The molecule has 162 valence electrons. The van der Waals surface area contributed by atoms with Crippen LogP contribution in [0, 0.1) is 18.8 Å². The number of hydrogen-bond donors (Lipinski definition) is 1. The van der Waals surface area contributed by atoms with E-state index in [9.17, 15) is 0 Å². The normalized spacial score (nSPS) is 15.0. The van der Waals surface area contributed by atoms with E-state index in [0.717, 1.165) is 25.6 Å². The highest BCUT2D eigenvalue weighted by Crippen LogP contribution is 2.24. The van der Waals surface area contributed by atoms with E-state index in [4.69, 9.17) is 4.74 Å². The third kappa shape index (κ3) is 10.5. The van der Waals surface area contributed by atoms with Crippen LogP contribution in [0.4, 0.5) is 5.82 Å². The van der Waals surface area contributed by atoms with Gasteiger partial charge in [0.25, 0.3) is 0 Å². The number of nitrogens with zero attached hydrogens (tertiary/aromatic N) is 1. The van der Waals surface area contributed by atoms with Gasteiger partial charge < -0.3 is 10.1 Å². The van der Waals surface area contributed by atoms with Crippen molar-refractivity contribution < 1.29 is 4.74 Å². The Kier molecular flexibility index (Phi) is 13.0. The average Bonchev–Trinajstić information content (AvgIpc) is 2.72. The topological polar surface area (TPSA) is 34.1 Å². The van der Waals surface area contributed by atoms with E-state index in [1.54, 1.807) is 0 Å². The monoisotopic (exact) mass is 398 g/mol. The molecule has 1 aromatic heterocycles. The Morgan fingerprint density at radius 3 is 2.69 bits per heavy atom. The van der Waals surface area contributed by atoms with Crippen molar-refractivity contribution in [3.63, 3.8) is 0 Å². The molecule has 0 aromatic carbocycles. The number of ether oxygens (including phenoxy) is 1. The number of allylic oxidation sites excluding steroid dienone is 4. The standard InChI is InChI=1S/C26H42N2O/c1-7-12-24(14-11-18-28-26-23(6)13-10-17-27-26)16-15-22(5)25(20-29-9-3)19-21(4)8-2/h8,10-11,13-14,17,19,22,24H,7,9,12,15-16,18,20H2,1-6H3,(H,27,28)/b14-11+,21-8-,25-19+. The van der Waals surface area contributed by atoms with Gasteiger partial charge in [0, 0.05) is 19.3 Å². The lowest BCUT2D eigenvalue weighted by Crippen LogP contribution is -2.10. The summed E-state index contributed by atoms with van der Waals surface area (Å²) in [6.07, 6.45) is 15.8. The van der Waals surface area contributed by atoms with Gasteiger partial charge in [-0.3, -0.25) is 0 Å². The molecule has 0 amide bonds. The second-order valence-electron chi connectivity index (χ2n) is 7.89. The van der Waals surface area contributed by atoms with Crippen LogP contribution in [0.5, 0.6) is 0 Å². The summed E-state index contributed by atoms with van der Waals surface area (Å²) < 4.78 is 5.72. The Hall–Kier alpha value is -1.87. The van der Waals surface area contributed by atoms with Crippen molar-refractivity contribution in [1.82, 2.24) is 4.98 Å². The van der Waals surface area contributed by atoms with Crippen LogP contribution < -0.4 is 5.32 Å². The summed E-state index contributed by atoms with van der Waals surface area (Å²) in [5, 5.41) is 3.41. The molecule has 0 aliphatic rings. The zero-order chi connectivity index (χ0) is 21.5. The molecular weight excluding hydrogens is 356 g/mol. The van der Waals surface area contributed by atoms with Crippen molar-refractivity contribution in [3.05, 3.63) is 59.3 Å². The van der Waals surface area contributed by atoms with Crippen LogP contribution in [0.2, 0.25) is 0 Å². The third-order valence-corrected chi connectivity index (χ3v) is 5.41. The Balaban J connectivity index is 2.60. The van der Waals surface area contributed by atoms with Gasteiger partial charge in [0.15, 0.2) is 0 Å². The molecule has 0 aliphatic carbocycles. The number of aromatic nitrogens is 1. The van der Waals surface area contributed by atoms with Crippen LogP contribution in [-0.4, -0.2) is 24.7 Å². The molecule has 0 aliphatic heterocycles. The van der Waals surface area contributed by atoms with Gasteiger partial charge in [-0.05, 0) is 76.0 Å². The second kappa shape index (κ2) is 15.0. The molecule has 3 heteroatoms. The fourth-order valence-electron chi connectivity index (χ4n) is 3.37. The summed E-state index contributed by atoms with van der Waals surface area (Å²) in [5.74, 6) is 2.15. The van der Waals surface area contributed by atoms with E-state index in [-0.39, 0.29) is 0 Å². The van der Waals surface area contributed by atoms with Gasteiger partial charge in [0.1, 0.15) is 5.82 Å². The first-order valence-electron chi connectivity index (χ1n) is 11.2. The molecule has 3 nitrogen and oxygen atoms in total. The van der Waals surface area contributed by atoms with Gasteiger partial charge in [-0.1, -0.05) is 56.2 Å². The summed E-state index contributed by atoms with van der Waals surface area (Å²) >= 11 is 0. The van der Waals surface area contributed by atoms with Gasteiger partial charge >= 0.3 is 0 Å². The number of nitrogens with one attached hydrogen (secondary N) is 1. The first kappa shape index (κ1) is 25.2. The van der Waals surface area contributed by atoms with E-state index in [1.165, 1.54) is 42.4 Å². The van der Waals surface area contributed by atoms with Crippen molar-refractivity contribution in [2.75, 3.05) is 25.1 Å². The highest BCUT2D eigenvalue weighted by molar-refractivity contribution is 5.42. The highest BCUT2D eigenvalue weighted by atomic mass is 16.5. The maximum atomic E-state index is 5.72. The van der Waals surface area contributed by atoms with Gasteiger partial charge in [-0.25, -0.2) is 4.98 Å². The lowest BCUT2D eigenvalue weighted by Gasteiger charge is -2.19. The third-order valence-electron chi connectivity index (χ3n) is 5.41. The molecule has 1 heterocycles. The number of rotatable bonds is 14. The largest absolute Gasteiger partial charge is 0.377 e. The van der Waals surface area contributed by atoms with Gasteiger partial charge in [-0.2, -0.15) is 0 Å². The van der Waals surface area contributed by atoms with Crippen LogP contribution in [-0.2, 0) is 4.74 Å². The van der Waals surface area contributed by atoms with Crippen LogP contribution in [0.15, 0.2) is 53.8 Å². The summed E-state index contributed by atoms with van der Waals surface area (Å²) in [6, 6.07) is 4.06. The van der Waals surface area contributed by atoms with Crippen molar-refractivity contribution in [1.29, 1.82) is 0 Å². The Labute approximate surface area is 179 Å². The van der Waals surface area contributed by atoms with Crippen molar-refractivity contribution in [2.45, 2.75) is 67.2 Å². The maximum absolute atomic E-state index is 5.72. The summed E-state index contributed by atoms with van der Waals surface area (Å²) in [4.78, 5) is 4.40. The molecule has 0 saturated heterocycles. The van der Waals surface area contributed by atoms with Crippen molar-refractivity contribution in [3.8, 4) is 0 Å². The number of hydrogen-bond acceptors (Lipinski definition) is 3. The predicted molar refractivity (Wildman–Crippen MR) is 127 cm³/mol. The van der Waals surface area contributed by atoms with Crippen molar-refractivity contribution >= 4 is 5.82 Å². The lowest BCUT2D eigenvalue weighted by molar-refractivity contribution is 0.163. The van der Waals surface area contributed by atoms with Crippen molar-refractivity contribution in [2.24, 2.45) is 11.8 Å². The molecule has 1 aromatic rings. The quantitative estimate of drug-likeness (QED) is 0.267. The first-order valence-corrected chi connectivity index (χ1v) is 11.2. The SMILES string of the molecule is C/C=C(C)\C=C(/COCC)C(C)CCC(/C=C/CNc1ncccc1C)CCC.